The summed E-state index contributed by atoms with van der Waals surface area (Å²) >= 11 is 1.71. The first-order valence-corrected chi connectivity index (χ1v) is 9.88. The molecule has 0 aliphatic carbocycles. The smallest absolute Gasteiger partial charge is 0.269 e. The van der Waals surface area contributed by atoms with Crippen molar-refractivity contribution in [2.45, 2.75) is 24.0 Å². The Morgan fingerprint density at radius 1 is 1.04 bits per heavy atom. The second-order valence-corrected chi connectivity index (χ2v) is 8.33. The van der Waals surface area contributed by atoms with Crippen molar-refractivity contribution in [2.75, 3.05) is 31.1 Å². The predicted octanol–water partition coefficient (Wildman–Crippen LogP) is 4.06. The van der Waals surface area contributed by atoms with E-state index < -0.39 is 4.92 Å². The van der Waals surface area contributed by atoms with Gasteiger partial charge in [0.1, 0.15) is 0 Å². The summed E-state index contributed by atoms with van der Waals surface area (Å²) in [6, 6.07) is 14.4. The topological polar surface area (TPSA) is 66.7 Å². The second-order valence-electron chi connectivity index (χ2n) is 6.72. The van der Waals surface area contributed by atoms with Crippen LogP contribution in [0.4, 0.5) is 11.4 Å². The number of hydrogen-bond donors (Lipinski definition) is 0. The van der Waals surface area contributed by atoms with Crippen LogP contribution < -0.4 is 4.90 Å². The van der Waals surface area contributed by atoms with E-state index in [1.54, 1.807) is 23.9 Å². The Labute approximate surface area is 163 Å². The minimum Gasteiger partial charge on any atom is -0.368 e. The molecule has 0 radical (unpaired) electrons. The van der Waals surface area contributed by atoms with Gasteiger partial charge in [0.25, 0.3) is 11.6 Å². The van der Waals surface area contributed by atoms with E-state index in [0.717, 1.165) is 16.1 Å². The van der Waals surface area contributed by atoms with Crippen molar-refractivity contribution in [1.29, 1.82) is 0 Å². The SMILES string of the molecule is CC(C)Sc1ccccc1C(=O)N1CCN(c2ccc([N+](=O)[O-])cc2)CC1. The number of nitro groups is 1. The largest absolute Gasteiger partial charge is 0.368 e. The summed E-state index contributed by atoms with van der Waals surface area (Å²) in [7, 11) is 0. The lowest BCUT2D eigenvalue weighted by Crippen LogP contribution is -2.48. The number of rotatable bonds is 5. The van der Waals surface area contributed by atoms with Crippen LogP contribution in [0.15, 0.2) is 53.4 Å². The average Bonchev–Trinajstić information content (AvgIpc) is 2.68. The molecule has 7 heteroatoms. The molecule has 142 valence electrons. The number of hydrogen-bond acceptors (Lipinski definition) is 5. The number of anilines is 1. The normalized spacial score (nSPS) is 14.5. The number of carbonyl (C=O) groups is 1. The van der Waals surface area contributed by atoms with E-state index in [-0.39, 0.29) is 11.6 Å². The van der Waals surface area contributed by atoms with Crippen LogP contribution in [0.3, 0.4) is 0 Å². The zero-order valence-corrected chi connectivity index (χ0v) is 16.3. The van der Waals surface area contributed by atoms with Gasteiger partial charge in [0.15, 0.2) is 0 Å². The number of benzene rings is 2. The number of nitrogens with zero attached hydrogens (tertiary/aromatic N) is 3. The first kappa shape index (κ1) is 19.2. The zero-order chi connectivity index (χ0) is 19.4. The molecule has 3 rings (SSSR count). The molecular weight excluding hydrogens is 362 g/mol. The van der Waals surface area contributed by atoms with Gasteiger partial charge in [0.2, 0.25) is 0 Å². The van der Waals surface area contributed by atoms with E-state index >= 15 is 0 Å². The summed E-state index contributed by atoms with van der Waals surface area (Å²) in [6.45, 7) is 6.93. The summed E-state index contributed by atoms with van der Waals surface area (Å²) < 4.78 is 0. The van der Waals surface area contributed by atoms with Crippen LogP contribution >= 0.6 is 11.8 Å². The van der Waals surface area contributed by atoms with Gasteiger partial charge in [0, 0.05) is 54.1 Å². The Morgan fingerprint density at radius 2 is 1.67 bits per heavy atom. The van der Waals surface area contributed by atoms with Crippen LogP contribution in [0.5, 0.6) is 0 Å². The standard InChI is InChI=1S/C20H23N3O3S/c1-15(2)27-19-6-4-3-5-18(19)20(24)22-13-11-21(12-14-22)16-7-9-17(10-8-16)23(25)26/h3-10,15H,11-14H2,1-2H3. The molecule has 0 spiro atoms. The average molecular weight is 385 g/mol. The molecule has 1 aliphatic heterocycles. The Morgan fingerprint density at radius 3 is 2.26 bits per heavy atom. The van der Waals surface area contributed by atoms with Crippen molar-refractivity contribution in [3.8, 4) is 0 Å². The van der Waals surface area contributed by atoms with Crippen molar-refractivity contribution >= 4 is 29.0 Å². The number of non-ortho nitro benzene ring substituents is 1. The minimum atomic E-state index is -0.396. The molecule has 27 heavy (non-hydrogen) atoms. The highest BCUT2D eigenvalue weighted by atomic mass is 32.2. The summed E-state index contributed by atoms with van der Waals surface area (Å²) in [5, 5.41) is 11.2. The second kappa shape index (κ2) is 8.43. The predicted molar refractivity (Wildman–Crippen MR) is 109 cm³/mol. The molecule has 6 nitrogen and oxygen atoms in total. The highest BCUT2D eigenvalue weighted by Gasteiger charge is 2.24. The monoisotopic (exact) mass is 385 g/mol. The lowest BCUT2D eigenvalue weighted by Gasteiger charge is -2.36. The lowest BCUT2D eigenvalue weighted by molar-refractivity contribution is -0.384. The molecule has 1 heterocycles. The van der Waals surface area contributed by atoms with Gasteiger partial charge in [0.05, 0.1) is 10.5 Å². The molecular formula is C20H23N3O3S. The molecule has 1 fully saturated rings. The van der Waals surface area contributed by atoms with Gasteiger partial charge in [-0.25, -0.2) is 0 Å². The summed E-state index contributed by atoms with van der Waals surface area (Å²) in [5.74, 6) is 0.0714. The van der Waals surface area contributed by atoms with E-state index in [2.05, 4.69) is 18.7 Å². The van der Waals surface area contributed by atoms with Gasteiger partial charge in [-0.15, -0.1) is 11.8 Å². The van der Waals surface area contributed by atoms with Crippen LogP contribution in [-0.4, -0.2) is 47.2 Å². The Hall–Kier alpha value is -2.54. The van der Waals surface area contributed by atoms with Crippen molar-refractivity contribution in [1.82, 2.24) is 4.90 Å². The molecule has 0 aromatic heterocycles. The molecule has 1 aliphatic rings. The van der Waals surface area contributed by atoms with Gasteiger partial charge < -0.3 is 9.80 Å². The number of thioether (sulfide) groups is 1. The molecule has 1 amide bonds. The number of nitro benzene ring substituents is 1. The van der Waals surface area contributed by atoms with E-state index in [0.29, 0.717) is 31.4 Å². The fourth-order valence-corrected chi connectivity index (χ4v) is 4.07. The zero-order valence-electron chi connectivity index (χ0n) is 15.5. The van der Waals surface area contributed by atoms with Gasteiger partial charge in [-0.05, 0) is 24.3 Å². The van der Waals surface area contributed by atoms with E-state index in [4.69, 9.17) is 0 Å². The molecule has 1 saturated heterocycles. The molecule has 2 aromatic carbocycles. The van der Waals surface area contributed by atoms with E-state index in [9.17, 15) is 14.9 Å². The maximum Gasteiger partial charge on any atom is 0.269 e. The van der Waals surface area contributed by atoms with Crippen LogP contribution in [0.25, 0.3) is 0 Å². The Kier molecular flexibility index (Phi) is 6.01. The number of carbonyl (C=O) groups excluding carboxylic acids is 1. The first-order chi connectivity index (χ1) is 13.0. The van der Waals surface area contributed by atoms with Crippen LogP contribution in [0.1, 0.15) is 24.2 Å². The first-order valence-electron chi connectivity index (χ1n) is 9.00. The van der Waals surface area contributed by atoms with Crippen molar-refractivity contribution < 1.29 is 9.72 Å². The van der Waals surface area contributed by atoms with Crippen LogP contribution in [0, 0.1) is 10.1 Å². The maximum absolute atomic E-state index is 13.0. The maximum atomic E-state index is 13.0. The lowest BCUT2D eigenvalue weighted by atomic mass is 10.1. The highest BCUT2D eigenvalue weighted by Crippen LogP contribution is 2.28. The summed E-state index contributed by atoms with van der Waals surface area (Å²) in [6.07, 6.45) is 0. The molecule has 2 aromatic rings. The number of amides is 1. The number of piperazine rings is 1. The van der Waals surface area contributed by atoms with Gasteiger partial charge in [-0.2, -0.15) is 0 Å². The van der Waals surface area contributed by atoms with Gasteiger partial charge in [-0.1, -0.05) is 26.0 Å². The van der Waals surface area contributed by atoms with Crippen molar-refractivity contribution in [2.24, 2.45) is 0 Å². The summed E-state index contributed by atoms with van der Waals surface area (Å²) in [5.41, 5.74) is 1.80. The Bertz CT molecular complexity index is 815. The molecule has 0 saturated carbocycles. The third kappa shape index (κ3) is 4.60. The van der Waals surface area contributed by atoms with E-state index in [1.807, 2.05) is 29.2 Å². The highest BCUT2D eigenvalue weighted by molar-refractivity contribution is 8.00. The minimum absolute atomic E-state index is 0.0714. The fraction of sp³-hybridized carbons (Fsp3) is 0.350. The van der Waals surface area contributed by atoms with Crippen LogP contribution in [0.2, 0.25) is 0 Å². The van der Waals surface area contributed by atoms with Gasteiger partial charge >= 0.3 is 0 Å². The van der Waals surface area contributed by atoms with E-state index in [1.165, 1.54) is 12.1 Å². The quantitative estimate of drug-likeness (QED) is 0.441. The molecule has 0 bridgehead atoms. The fourth-order valence-electron chi connectivity index (χ4n) is 3.12. The van der Waals surface area contributed by atoms with Gasteiger partial charge in [-0.3, -0.25) is 14.9 Å². The third-order valence-corrected chi connectivity index (χ3v) is 5.55. The molecule has 0 N–H and O–H groups in total. The van der Waals surface area contributed by atoms with Crippen molar-refractivity contribution in [3.63, 3.8) is 0 Å². The van der Waals surface area contributed by atoms with Crippen molar-refractivity contribution in [3.05, 3.63) is 64.2 Å². The summed E-state index contributed by atoms with van der Waals surface area (Å²) in [4.78, 5) is 28.4. The Balaban J connectivity index is 1.65. The molecule has 0 unspecified atom stereocenters. The molecule has 0 atom stereocenters. The third-order valence-electron chi connectivity index (χ3n) is 4.47. The van der Waals surface area contributed by atoms with Crippen LogP contribution in [-0.2, 0) is 0 Å².